The molecule has 26 heavy (non-hydrogen) atoms. The van der Waals surface area contributed by atoms with Gasteiger partial charge >= 0.3 is 12.4 Å². The third-order valence-corrected chi connectivity index (χ3v) is 3.38. The van der Waals surface area contributed by atoms with Crippen LogP contribution in [0, 0.1) is 0 Å². The quantitative estimate of drug-likeness (QED) is 0.656. The minimum Gasteiger partial charge on any atom is -0.370 e. The summed E-state index contributed by atoms with van der Waals surface area (Å²) in [4.78, 5) is 4.15. The number of nitrogens with zero attached hydrogens (tertiary/aromatic N) is 1. The Hall–Kier alpha value is -2.45. The van der Waals surface area contributed by atoms with Gasteiger partial charge in [0.05, 0.1) is 12.8 Å². The number of nitrogens with one attached hydrogen (secondary N) is 2. The number of benzene rings is 1. The van der Waals surface area contributed by atoms with Crippen LogP contribution in [0.5, 0.6) is 0 Å². The smallest absolute Gasteiger partial charge is 0.370 e. The van der Waals surface area contributed by atoms with Crippen LogP contribution in [0.15, 0.2) is 36.4 Å². The minimum absolute atomic E-state index is 0.154. The standard InChI is InChI=1S/C17H17F6N3/c1-2-24-13-7-4-8-14(25-13)26-15-11(9-16(18,19)20)5-3-6-12(15)10-17(21,22)23/h3-8H,2,9-10H2,1H3,(H2,24,25,26). The van der Waals surface area contributed by atoms with Crippen molar-refractivity contribution >= 4 is 17.3 Å². The van der Waals surface area contributed by atoms with Crippen molar-refractivity contribution in [1.29, 1.82) is 0 Å². The Balaban J connectivity index is 2.43. The summed E-state index contributed by atoms with van der Waals surface area (Å²) in [6, 6.07) is 8.22. The van der Waals surface area contributed by atoms with Gasteiger partial charge in [0, 0.05) is 12.2 Å². The van der Waals surface area contributed by atoms with Crippen LogP contribution in [0.25, 0.3) is 0 Å². The molecule has 142 valence electrons. The molecule has 9 heteroatoms. The van der Waals surface area contributed by atoms with Gasteiger partial charge in [-0.25, -0.2) is 4.98 Å². The summed E-state index contributed by atoms with van der Waals surface area (Å²) in [5.74, 6) is 0.615. The summed E-state index contributed by atoms with van der Waals surface area (Å²) in [5.41, 5.74) is -0.756. The topological polar surface area (TPSA) is 37.0 Å². The van der Waals surface area contributed by atoms with E-state index in [0.717, 1.165) is 12.1 Å². The van der Waals surface area contributed by atoms with Crippen LogP contribution in [0.3, 0.4) is 0 Å². The van der Waals surface area contributed by atoms with E-state index in [0.29, 0.717) is 12.4 Å². The molecule has 2 rings (SSSR count). The van der Waals surface area contributed by atoms with Gasteiger partial charge in [-0.15, -0.1) is 0 Å². The molecule has 0 saturated carbocycles. The van der Waals surface area contributed by atoms with E-state index < -0.39 is 25.2 Å². The highest BCUT2D eigenvalue weighted by molar-refractivity contribution is 5.66. The van der Waals surface area contributed by atoms with Crippen LogP contribution in [0.1, 0.15) is 18.1 Å². The zero-order valence-corrected chi connectivity index (χ0v) is 13.8. The molecule has 0 spiro atoms. The van der Waals surface area contributed by atoms with E-state index in [2.05, 4.69) is 15.6 Å². The average molecular weight is 377 g/mol. The maximum atomic E-state index is 12.8. The lowest BCUT2D eigenvalue weighted by Crippen LogP contribution is -2.17. The monoisotopic (exact) mass is 377 g/mol. The number of aromatic nitrogens is 1. The van der Waals surface area contributed by atoms with Gasteiger partial charge in [0.25, 0.3) is 0 Å². The molecule has 0 fully saturated rings. The van der Waals surface area contributed by atoms with Crippen LogP contribution < -0.4 is 10.6 Å². The third kappa shape index (κ3) is 6.12. The Labute approximate surface area is 146 Å². The van der Waals surface area contributed by atoms with Gasteiger partial charge < -0.3 is 10.6 Å². The molecule has 0 radical (unpaired) electrons. The molecule has 2 aromatic rings. The van der Waals surface area contributed by atoms with E-state index in [1.807, 2.05) is 6.92 Å². The van der Waals surface area contributed by atoms with Gasteiger partial charge in [0.2, 0.25) is 0 Å². The van der Waals surface area contributed by atoms with Crippen LogP contribution in [-0.2, 0) is 12.8 Å². The molecule has 1 heterocycles. The molecule has 1 aromatic heterocycles. The Kier molecular flexibility index (Phi) is 5.99. The molecule has 0 saturated heterocycles. The van der Waals surface area contributed by atoms with Crippen LogP contribution in [0.4, 0.5) is 43.7 Å². The van der Waals surface area contributed by atoms with E-state index in [1.54, 1.807) is 12.1 Å². The summed E-state index contributed by atoms with van der Waals surface area (Å²) >= 11 is 0. The first-order valence-corrected chi connectivity index (χ1v) is 7.79. The second-order valence-corrected chi connectivity index (χ2v) is 5.60. The molecular formula is C17H17F6N3. The van der Waals surface area contributed by atoms with E-state index in [1.165, 1.54) is 12.1 Å². The fourth-order valence-electron chi connectivity index (χ4n) is 2.45. The van der Waals surface area contributed by atoms with Gasteiger partial charge in [-0.05, 0) is 30.2 Å². The number of pyridine rings is 1. The van der Waals surface area contributed by atoms with E-state index in [-0.39, 0.29) is 22.6 Å². The summed E-state index contributed by atoms with van der Waals surface area (Å²) in [7, 11) is 0. The van der Waals surface area contributed by atoms with Crippen molar-refractivity contribution in [2.24, 2.45) is 0 Å². The number of hydrogen-bond acceptors (Lipinski definition) is 3. The predicted octanol–water partition coefficient (Wildman–Crippen LogP) is 5.47. The SMILES string of the molecule is CCNc1cccc(Nc2c(CC(F)(F)F)cccc2CC(F)(F)F)n1. The maximum Gasteiger partial charge on any atom is 0.393 e. The molecule has 0 aliphatic carbocycles. The Morgan fingerprint density at radius 1 is 0.808 bits per heavy atom. The van der Waals surface area contributed by atoms with Gasteiger partial charge in [-0.2, -0.15) is 26.3 Å². The molecule has 0 aliphatic heterocycles. The normalized spacial score (nSPS) is 12.1. The van der Waals surface area contributed by atoms with Crippen LogP contribution in [0.2, 0.25) is 0 Å². The van der Waals surface area contributed by atoms with Crippen molar-refractivity contribution in [3.8, 4) is 0 Å². The Morgan fingerprint density at radius 3 is 1.81 bits per heavy atom. The van der Waals surface area contributed by atoms with Crippen molar-refractivity contribution in [2.75, 3.05) is 17.2 Å². The largest absolute Gasteiger partial charge is 0.393 e. The lowest BCUT2D eigenvalue weighted by molar-refractivity contribution is -0.127. The molecule has 0 aliphatic rings. The first kappa shape index (κ1) is 19.9. The van der Waals surface area contributed by atoms with E-state index in [9.17, 15) is 26.3 Å². The molecule has 0 unspecified atom stereocenters. The summed E-state index contributed by atoms with van der Waals surface area (Å²) < 4.78 is 76.9. The summed E-state index contributed by atoms with van der Waals surface area (Å²) in [5, 5.41) is 5.56. The number of rotatable bonds is 6. The first-order valence-electron chi connectivity index (χ1n) is 7.79. The lowest BCUT2D eigenvalue weighted by atomic mass is 10.0. The fraction of sp³-hybridized carbons (Fsp3) is 0.353. The average Bonchev–Trinajstić information content (AvgIpc) is 2.48. The number of alkyl halides is 6. The number of halogens is 6. The van der Waals surface area contributed by atoms with Gasteiger partial charge in [-0.3, -0.25) is 0 Å². The number of anilines is 3. The summed E-state index contributed by atoms with van der Waals surface area (Å²) in [6.07, 6.45) is -11.8. The van der Waals surface area contributed by atoms with E-state index in [4.69, 9.17) is 0 Å². The number of hydrogen-bond donors (Lipinski definition) is 2. The molecule has 1 aromatic carbocycles. The van der Waals surface area contributed by atoms with Crippen molar-refractivity contribution in [3.05, 3.63) is 47.5 Å². The molecule has 0 atom stereocenters. The fourth-order valence-corrected chi connectivity index (χ4v) is 2.45. The highest BCUT2D eigenvalue weighted by Crippen LogP contribution is 2.34. The van der Waals surface area contributed by atoms with Gasteiger partial charge in [0.1, 0.15) is 11.6 Å². The van der Waals surface area contributed by atoms with Gasteiger partial charge in [-0.1, -0.05) is 24.3 Å². The van der Waals surface area contributed by atoms with Crippen molar-refractivity contribution in [2.45, 2.75) is 32.1 Å². The number of para-hydroxylation sites is 1. The van der Waals surface area contributed by atoms with Crippen LogP contribution in [-0.4, -0.2) is 23.9 Å². The lowest BCUT2D eigenvalue weighted by Gasteiger charge is -2.19. The van der Waals surface area contributed by atoms with Crippen molar-refractivity contribution in [1.82, 2.24) is 4.98 Å². The van der Waals surface area contributed by atoms with Crippen LogP contribution >= 0.6 is 0 Å². The highest BCUT2D eigenvalue weighted by Gasteiger charge is 2.32. The summed E-state index contributed by atoms with van der Waals surface area (Å²) in [6.45, 7) is 2.41. The first-order chi connectivity index (χ1) is 12.1. The predicted molar refractivity (Wildman–Crippen MR) is 87.6 cm³/mol. The van der Waals surface area contributed by atoms with Crippen molar-refractivity contribution < 1.29 is 26.3 Å². The van der Waals surface area contributed by atoms with Gasteiger partial charge in [0.15, 0.2) is 0 Å². The molecule has 0 bridgehead atoms. The minimum atomic E-state index is -4.55. The zero-order chi connectivity index (χ0) is 19.4. The maximum absolute atomic E-state index is 12.8. The zero-order valence-electron chi connectivity index (χ0n) is 13.8. The molecular weight excluding hydrogens is 360 g/mol. The molecule has 2 N–H and O–H groups in total. The second-order valence-electron chi connectivity index (χ2n) is 5.60. The Morgan fingerprint density at radius 2 is 1.31 bits per heavy atom. The third-order valence-electron chi connectivity index (χ3n) is 3.38. The Bertz CT molecular complexity index is 706. The highest BCUT2D eigenvalue weighted by atomic mass is 19.4. The van der Waals surface area contributed by atoms with E-state index >= 15 is 0 Å². The van der Waals surface area contributed by atoms with Crippen molar-refractivity contribution in [3.63, 3.8) is 0 Å². The second kappa shape index (κ2) is 7.84. The molecule has 0 amide bonds. The molecule has 3 nitrogen and oxygen atoms in total.